The molecule has 2 aromatic rings. The molecule has 4 heteroatoms. The second kappa shape index (κ2) is 5.69. The van der Waals surface area contributed by atoms with E-state index in [1.54, 1.807) is 36.4 Å². The lowest BCUT2D eigenvalue weighted by Gasteiger charge is -2.05. The van der Waals surface area contributed by atoms with Crippen molar-refractivity contribution in [2.45, 2.75) is 6.61 Å². The molecule has 0 heterocycles. The zero-order chi connectivity index (χ0) is 13.7. The van der Waals surface area contributed by atoms with E-state index in [1.807, 2.05) is 6.07 Å². The van der Waals surface area contributed by atoms with Crippen molar-refractivity contribution in [2.24, 2.45) is 0 Å². The van der Waals surface area contributed by atoms with Crippen molar-refractivity contribution in [3.63, 3.8) is 0 Å². The number of rotatable bonds is 3. The Labute approximate surface area is 110 Å². The van der Waals surface area contributed by atoms with Crippen LogP contribution in [0.4, 0.5) is 0 Å². The molecule has 2 rings (SSSR count). The fraction of sp³-hybridized carbons (Fsp3) is 0.0667. The van der Waals surface area contributed by atoms with Gasteiger partial charge in [-0.05, 0) is 35.9 Å². The molecule has 0 amide bonds. The van der Waals surface area contributed by atoms with Crippen molar-refractivity contribution < 1.29 is 14.6 Å². The highest BCUT2D eigenvalue weighted by Crippen LogP contribution is 2.13. The van der Waals surface area contributed by atoms with E-state index >= 15 is 0 Å². The fourth-order valence-electron chi connectivity index (χ4n) is 1.60. The van der Waals surface area contributed by atoms with Crippen LogP contribution >= 0.6 is 0 Å². The lowest BCUT2D eigenvalue weighted by molar-refractivity contribution is 0.0472. The number of esters is 1. The molecular weight excluding hydrogens is 242 g/mol. The van der Waals surface area contributed by atoms with Gasteiger partial charge in [0.2, 0.25) is 0 Å². The van der Waals surface area contributed by atoms with Gasteiger partial charge in [0.15, 0.2) is 0 Å². The van der Waals surface area contributed by atoms with Gasteiger partial charge in [0.05, 0.1) is 17.2 Å². The molecule has 0 atom stereocenters. The molecule has 2 aromatic carbocycles. The van der Waals surface area contributed by atoms with Crippen LogP contribution in [0.3, 0.4) is 0 Å². The summed E-state index contributed by atoms with van der Waals surface area (Å²) in [5, 5.41) is 18.0. The third kappa shape index (κ3) is 3.33. The molecule has 0 aliphatic rings. The summed E-state index contributed by atoms with van der Waals surface area (Å²) in [7, 11) is 0. The summed E-state index contributed by atoms with van der Waals surface area (Å²) in [5.41, 5.74) is 1.55. The van der Waals surface area contributed by atoms with Crippen LogP contribution in [-0.4, -0.2) is 11.1 Å². The maximum absolute atomic E-state index is 11.7. The smallest absolute Gasteiger partial charge is 0.338 e. The Balaban J connectivity index is 2.02. The summed E-state index contributed by atoms with van der Waals surface area (Å²) in [6, 6.07) is 14.8. The van der Waals surface area contributed by atoms with E-state index in [9.17, 15) is 9.90 Å². The van der Waals surface area contributed by atoms with Crippen LogP contribution in [0.5, 0.6) is 5.75 Å². The molecule has 0 aromatic heterocycles. The fourth-order valence-corrected chi connectivity index (χ4v) is 1.60. The second-order valence-corrected chi connectivity index (χ2v) is 3.94. The van der Waals surface area contributed by atoms with Crippen LogP contribution in [0.2, 0.25) is 0 Å². The molecule has 0 aliphatic heterocycles. The zero-order valence-corrected chi connectivity index (χ0v) is 10.0. The van der Waals surface area contributed by atoms with Crippen molar-refractivity contribution in [3.05, 3.63) is 65.2 Å². The summed E-state index contributed by atoms with van der Waals surface area (Å²) in [6.45, 7) is 0.0873. The van der Waals surface area contributed by atoms with E-state index < -0.39 is 5.97 Å². The van der Waals surface area contributed by atoms with Crippen LogP contribution in [-0.2, 0) is 11.3 Å². The molecule has 4 nitrogen and oxygen atoms in total. The van der Waals surface area contributed by atoms with Gasteiger partial charge in [-0.25, -0.2) is 4.79 Å². The van der Waals surface area contributed by atoms with Crippen molar-refractivity contribution in [1.82, 2.24) is 0 Å². The minimum atomic E-state index is -0.515. The highest BCUT2D eigenvalue weighted by Gasteiger charge is 2.08. The predicted octanol–water partition coefficient (Wildman–Crippen LogP) is 2.62. The van der Waals surface area contributed by atoms with Crippen molar-refractivity contribution in [1.29, 1.82) is 5.26 Å². The lowest BCUT2D eigenvalue weighted by atomic mass is 10.1. The van der Waals surface area contributed by atoms with Crippen molar-refractivity contribution in [3.8, 4) is 11.8 Å². The predicted molar refractivity (Wildman–Crippen MR) is 68.4 cm³/mol. The maximum Gasteiger partial charge on any atom is 0.338 e. The van der Waals surface area contributed by atoms with Gasteiger partial charge in [-0.3, -0.25) is 0 Å². The average molecular weight is 253 g/mol. The summed E-state index contributed by atoms with van der Waals surface area (Å²) in [5.74, 6) is -0.501. The molecule has 0 aliphatic carbocycles. The summed E-state index contributed by atoms with van der Waals surface area (Å²) < 4.78 is 5.11. The molecule has 1 N–H and O–H groups in total. The first-order chi connectivity index (χ1) is 9.19. The lowest BCUT2D eigenvalue weighted by Crippen LogP contribution is -2.05. The van der Waals surface area contributed by atoms with E-state index in [0.717, 1.165) is 5.56 Å². The zero-order valence-electron chi connectivity index (χ0n) is 10.0. The third-order valence-electron chi connectivity index (χ3n) is 2.51. The summed E-state index contributed by atoms with van der Waals surface area (Å²) >= 11 is 0. The largest absolute Gasteiger partial charge is 0.508 e. The van der Waals surface area contributed by atoms with Gasteiger partial charge < -0.3 is 9.84 Å². The van der Waals surface area contributed by atoms with E-state index in [-0.39, 0.29) is 17.9 Å². The van der Waals surface area contributed by atoms with Crippen molar-refractivity contribution >= 4 is 5.97 Å². The Bertz CT molecular complexity index is 644. The molecule has 0 bridgehead atoms. The topological polar surface area (TPSA) is 70.3 Å². The first-order valence-corrected chi connectivity index (χ1v) is 5.64. The number of phenolic OH excluding ortho intramolecular Hbond substituents is 1. The number of hydrogen-bond acceptors (Lipinski definition) is 4. The first-order valence-electron chi connectivity index (χ1n) is 5.64. The summed E-state index contributed by atoms with van der Waals surface area (Å²) in [4.78, 5) is 11.7. The number of carbonyl (C=O) groups excluding carboxylic acids is 1. The number of ether oxygens (including phenoxy) is 1. The summed E-state index contributed by atoms with van der Waals surface area (Å²) in [6.07, 6.45) is 0. The Hall–Kier alpha value is -2.80. The quantitative estimate of drug-likeness (QED) is 0.853. The van der Waals surface area contributed by atoms with Gasteiger partial charge in [-0.1, -0.05) is 18.2 Å². The number of nitriles is 1. The minimum Gasteiger partial charge on any atom is -0.508 e. The molecule has 94 valence electrons. The minimum absolute atomic E-state index is 0.0147. The third-order valence-corrected chi connectivity index (χ3v) is 2.51. The first kappa shape index (κ1) is 12.7. The van der Waals surface area contributed by atoms with E-state index in [1.165, 1.54) is 12.1 Å². The molecule has 19 heavy (non-hydrogen) atoms. The molecule has 0 saturated heterocycles. The average Bonchev–Trinajstić information content (AvgIpc) is 2.45. The molecular formula is C15H11NO3. The van der Waals surface area contributed by atoms with Gasteiger partial charge in [0.1, 0.15) is 12.4 Å². The highest BCUT2D eigenvalue weighted by atomic mass is 16.5. The van der Waals surface area contributed by atoms with Gasteiger partial charge >= 0.3 is 5.97 Å². The Morgan fingerprint density at radius 3 is 2.74 bits per heavy atom. The number of hydrogen-bond donors (Lipinski definition) is 1. The normalized spacial score (nSPS) is 9.63. The number of carbonyl (C=O) groups is 1. The van der Waals surface area contributed by atoms with Crippen LogP contribution in [0.1, 0.15) is 21.5 Å². The van der Waals surface area contributed by atoms with Crippen molar-refractivity contribution in [2.75, 3.05) is 0 Å². The molecule has 0 unspecified atom stereocenters. The Kier molecular flexibility index (Phi) is 3.79. The standard InChI is InChI=1S/C15H11NO3/c16-9-11-3-1-4-12(7-11)10-19-15(18)13-5-2-6-14(17)8-13/h1-8,17H,10H2. The van der Waals surface area contributed by atoms with Gasteiger partial charge in [-0.2, -0.15) is 5.26 Å². The number of benzene rings is 2. The molecule has 0 saturated carbocycles. The maximum atomic E-state index is 11.7. The van der Waals surface area contributed by atoms with Crippen LogP contribution in [0, 0.1) is 11.3 Å². The Morgan fingerprint density at radius 2 is 2.00 bits per heavy atom. The highest BCUT2D eigenvalue weighted by molar-refractivity contribution is 5.89. The SMILES string of the molecule is N#Cc1cccc(COC(=O)c2cccc(O)c2)c1. The van der Waals surface area contributed by atoms with E-state index in [2.05, 4.69) is 0 Å². The molecule has 0 radical (unpaired) electrons. The number of aromatic hydroxyl groups is 1. The van der Waals surface area contributed by atoms with Crippen LogP contribution in [0.15, 0.2) is 48.5 Å². The molecule has 0 spiro atoms. The van der Waals surface area contributed by atoms with Gasteiger partial charge in [0.25, 0.3) is 0 Å². The number of phenols is 1. The van der Waals surface area contributed by atoms with Crippen LogP contribution in [0.25, 0.3) is 0 Å². The van der Waals surface area contributed by atoms with Crippen LogP contribution < -0.4 is 0 Å². The van der Waals surface area contributed by atoms with Gasteiger partial charge in [-0.15, -0.1) is 0 Å². The monoisotopic (exact) mass is 253 g/mol. The second-order valence-electron chi connectivity index (χ2n) is 3.94. The molecule has 0 fully saturated rings. The van der Waals surface area contributed by atoms with Gasteiger partial charge in [0, 0.05) is 0 Å². The Morgan fingerprint density at radius 1 is 1.21 bits per heavy atom. The van der Waals surface area contributed by atoms with E-state index in [4.69, 9.17) is 10.00 Å². The number of nitrogens with zero attached hydrogens (tertiary/aromatic N) is 1. The van der Waals surface area contributed by atoms with E-state index in [0.29, 0.717) is 5.56 Å².